The molecule has 9 heteroatoms. The minimum atomic E-state index is -0.471. The summed E-state index contributed by atoms with van der Waals surface area (Å²) in [5.74, 6) is 0.201. The Kier molecular flexibility index (Phi) is 4.43. The number of nitrogens with one attached hydrogen (secondary N) is 1. The van der Waals surface area contributed by atoms with Crippen LogP contribution in [0.15, 0.2) is 53.2 Å². The van der Waals surface area contributed by atoms with Crippen molar-refractivity contribution in [2.24, 2.45) is 0 Å². The number of carbonyl (C=O) groups is 1. The first-order valence-electron chi connectivity index (χ1n) is 6.73. The Labute approximate surface area is 139 Å². The molecule has 0 bridgehead atoms. The van der Waals surface area contributed by atoms with Crippen LogP contribution >= 0.6 is 11.3 Å². The van der Waals surface area contributed by atoms with Crippen molar-refractivity contribution in [2.45, 2.75) is 0 Å². The lowest BCUT2D eigenvalue weighted by atomic mass is 10.2. The van der Waals surface area contributed by atoms with Gasteiger partial charge in [0.05, 0.1) is 11.2 Å². The molecule has 3 aromatic rings. The van der Waals surface area contributed by atoms with E-state index >= 15 is 0 Å². The summed E-state index contributed by atoms with van der Waals surface area (Å²) in [5.41, 5.74) is 0.685. The van der Waals surface area contributed by atoms with Crippen molar-refractivity contribution in [3.63, 3.8) is 0 Å². The predicted octanol–water partition coefficient (Wildman–Crippen LogP) is 3.36. The molecule has 24 heavy (non-hydrogen) atoms. The molecule has 0 unspecified atom stereocenters. The molecule has 0 saturated heterocycles. The number of nitrogens with zero attached hydrogens (tertiary/aromatic N) is 3. The zero-order valence-corrected chi connectivity index (χ0v) is 12.9. The fourth-order valence-electron chi connectivity index (χ4n) is 1.81. The van der Waals surface area contributed by atoms with E-state index in [4.69, 9.17) is 4.42 Å². The van der Waals surface area contributed by atoms with Gasteiger partial charge in [-0.2, -0.15) is 0 Å². The molecule has 120 valence electrons. The third kappa shape index (κ3) is 3.70. The zero-order valence-electron chi connectivity index (χ0n) is 12.1. The minimum Gasteiger partial charge on any atom is -0.465 e. The average Bonchev–Trinajstić information content (AvgIpc) is 3.25. The maximum atomic E-state index is 11.8. The van der Waals surface area contributed by atoms with Gasteiger partial charge in [-0.1, -0.05) is 11.3 Å². The lowest BCUT2D eigenvalue weighted by Gasteiger charge is -1.95. The molecule has 0 spiro atoms. The SMILES string of the molecule is O=C(/C=C/c1ccco1)Nc1nnc(-c2ccc([N+](=O)[O-])cc2)s1. The smallest absolute Gasteiger partial charge is 0.269 e. The third-order valence-electron chi connectivity index (χ3n) is 2.92. The number of non-ortho nitro benzene ring substituents is 1. The number of nitro benzene ring substituents is 1. The molecule has 8 nitrogen and oxygen atoms in total. The van der Waals surface area contributed by atoms with Gasteiger partial charge < -0.3 is 4.42 Å². The van der Waals surface area contributed by atoms with Crippen LogP contribution in [0.25, 0.3) is 16.6 Å². The van der Waals surface area contributed by atoms with E-state index < -0.39 is 4.92 Å². The maximum Gasteiger partial charge on any atom is 0.269 e. The van der Waals surface area contributed by atoms with Crippen LogP contribution in [0.4, 0.5) is 10.8 Å². The molecule has 0 aliphatic heterocycles. The Bertz CT molecular complexity index is 885. The summed E-state index contributed by atoms with van der Waals surface area (Å²) in [6.45, 7) is 0. The quantitative estimate of drug-likeness (QED) is 0.432. The van der Waals surface area contributed by atoms with Gasteiger partial charge >= 0.3 is 0 Å². The van der Waals surface area contributed by atoms with Crippen LogP contribution in [0.1, 0.15) is 5.76 Å². The Morgan fingerprint density at radius 2 is 2.04 bits per heavy atom. The molecule has 2 aromatic heterocycles. The number of nitro groups is 1. The molecule has 0 fully saturated rings. The second-order valence-electron chi connectivity index (χ2n) is 4.55. The average molecular weight is 342 g/mol. The van der Waals surface area contributed by atoms with E-state index in [0.717, 1.165) is 0 Å². The summed E-state index contributed by atoms with van der Waals surface area (Å²) in [7, 11) is 0. The number of rotatable bonds is 5. The Hall–Kier alpha value is -3.33. The van der Waals surface area contributed by atoms with E-state index in [1.54, 1.807) is 24.3 Å². The first-order valence-corrected chi connectivity index (χ1v) is 7.54. The lowest BCUT2D eigenvalue weighted by molar-refractivity contribution is -0.384. The molecule has 1 amide bonds. The first kappa shape index (κ1) is 15.6. The Morgan fingerprint density at radius 1 is 1.25 bits per heavy atom. The van der Waals surface area contributed by atoms with Gasteiger partial charge in [0, 0.05) is 23.8 Å². The van der Waals surface area contributed by atoms with Gasteiger partial charge in [-0.3, -0.25) is 20.2 Å². The molecule has 0 aliphatic carbocycles. The molecule has 2 heterocycles. The Morgan fingerprint density at radius 3 is 2.71 bits per heavy atom. The van der Waals surface area contributed by atoms with Gasteiger partial charge in [0.15, 0.2) is 0 Å². The van der Waals surface area contributed by atoms with Crippen LogP contribution in [0.5, 0.6) is 0 Å². The van der Waals surface area contributed by atoms with Crippen LogP contribution in [0.2, 0.25) is 0 Å². The lowest BCUT2D eigenvalue weighted by Crippen LogP contribution is -2.07. The highest BCUT2D eigenvalue weighted by molar-refractivity contribution is 7.18. The van der Waals surface area contributed by atoms with Gasteiger partial charge in [0.1, 0.15) is 10.8 Å². The number of anilines is 1. The van der Waals surface area contributed by atoms with Crippen molar-refractivity contribution in [3.8, 4) is 10.6 Å². The summed E-state index contributed by atoms with van der Waals surface area (Å²) in [4.78, 5) is 22.0. The molecule has 0 atom stereocenters. The van der Waals surface area contributed by atoms with Crippen molar-refractivity contribution >= 4 is 34.1 Å². The summed E-state index contributed by atoms with van der Waals surface area (Å²) >= 11 is 1.17. The fourth-order valence-corrected chi connectivity index (χ4v) is 2.56. The summed E-state index contributed by atoms with van der Waals surface area (Å²) in [6, 6.07) is 9.39. The molecule has 3 rings (SSSR count). The number of furan rings is 1. The Balaban J connectivity index is 1.66. The van der Waals surface area contributed by atoms with Crippen molar-refractivity contribution in [1.82, 2.24) is 10.2 Å². The van der Waals surface area contributed by atoms with E-state index in [-0.39, 0.29) is 11.6 Å². The monoisotopic (exact) mass is 342 g/mol. The van der Waals surface area contributed by atoms with Crippen LogP contribution in [-0.2, 0) is 4.79 Å². The molecule has 0 aliphatic rings. The number of benzene rings is 1. The van der Waals surface area contributed by atoms with Crippen molar-refractivity contribution in [3.05, 3.63) is 64.6 Å². The highest BCUT2D eigenvalue weighted by Crippen LogP contribution is 2.27. The fraction of sp³-hybridized carbons (Fsp3) is 0. The number of hydrogen-bond acceptors (Lipinski definition) is 7. The van der Waals surface area contributed by atoms with Crippen LogP contribution in [-0.4, -0.2) is 21.0 Å². The number of hydrogen-bond donors (Lipinski definition) is 1. The highest BCUT2D eigenvalue weighted by Gasteiger charge is 2.10. The van der Waals surface area contributed by atoms with Gasteiger partial charge in [-0.05, 0) is 30.3 Å². The van der Waals surface area contributed by atoms with Crippen LogP contribution in [0.3, 0.4) is 0 Å². The minimum absolute atomic E-state index is 0.000134. The number of carbonyl (C=O) groups excluding carboxylic acids is 1. The van der Waals surface area contributed by atoms with E-state index in [2.05, 4.69) is 15.5 Å². The van der Waals surface area contributed by atoms with Crippen molar-refractivity contribution in [2.75, 3.05) is 5.32 Å². The van der Waals surface area contributed by atoms with Crippen molar-refractivity contribution in [1.29, 1.82) is 0 Å². The summed E-state index contributed by atoms with van der Waals surface area (Å²) in [6.07, 6.45) is 4.37. The maximum absolute atomic E-state index is 11.8. The number of aromatic nitrogens is 2. The summed E-state index contributed by atoms with van der Waals surface area (Å²) < 4.78 is 5.08. The van der Waals surface area contributed by atoms with Gasteiger partial charge in [-0.25, -0.2) is 0 Å². The molecular weight excluding hydrogens is 332 g/mol. The van der Waals surface area contributed by atoms with Gasteiger partial charge in [0.25, 0.3) is 5.69 Å². The normalized spacial score (nSPS) is 10.8. The standard InChI is InChI=1S/C15H10N4O4S/c20-13(8-7-12-2-1-9-23-12)16-15-18-17-14(24-15)10-3-5-11(6-4-10)19(21)22/h1-9H,(H,16,18,20)/b8-7+. The summed E-state index contributed by atoms with van der Waals surface area (Å²) in [5, 5.41) is 22.0. The van der Waals surface area contributed by atoms with E-state index in [9.17, 15) is 14.9 Å². The molecule has 0 radical (unpaired) electrons. The predicted molar refractivity (Wildman–Crippen MR) is 88.4 cm³/mol. The molecular formula is C15H10N4O4S. The van der Waals surface area contributed by atoms with Crippen LogP contribution < -0.4 is 5.32 Å². The van der Waals surface area contributed by atoms with E-state index in [1.807, 2.05) is 0 Å². The molecule has 1 N–H and O–H groups in total. The third-order valence-corrected chi connectivity index (χ3v) is 3.81. The second-order valence-corrected chi connectivity index (χ2v) is 5.53. The van der Waals surface area contributed by atoms with Gasteiger partial charge in [-0.15, -0.1) is 10.2 Å². The van der Waals surface area contributed by atoms with Gasteiger partial charge in [0.2, 0.25) is 11.0 Å². The first-order chi connectivity index (χ1) is 11.6. The van der Waals surface area contributed by atoms with E-state index in [0.29, 0.717) is 21.5 Å². The highest BCUT2D eigenvalue weighted by atomic mass is 32.1. The topological polar surface area (TPSA) is 111 Å². The number of amides is 1. The zero-order chi connectivity index (χ0) is 16.9. The largest absolute Gasteiger partial charge is 0.465 e. The van der Waals surface area contributed by atoms with E-state index in [1.165, 1.54) is 41.9 Å². The van der Waals surface area contributed by atoms with Crippen molar-refractivity contribution < 1.29 is 14.1 Å². The molecule has 0 saturated carbocycles. The van der Waals surface area contributed by atoms with Crippen LogP contribution in [0, 0.1) is 10.1 Å². The molecule has 1 aromatic carbocycles. The second kappa shape index (κ2) is 6.84.